The maximum Gasteiger partial charge on any atom is 0.282 e. The van der Waals surface area contributed by atoms with Crippen molar-refractivity contribution in [3.8, 4) is 11.5 Å². The van der Waals surface area contributed by atoms with Gasteiger partial charge >= 0.3 is 0 Å². The number of rotatable bonds is 5. The normalized spacial score (nSPS) is 19.5. The highest BCUT2D eigenvalue weighted by Gasteiger charge is 2.43. The first-order valence-corrected chi connectivity index (χ1v) is 10.2. The molecule has 2 aromatic rings. The van der Waals surface area contributed by atoms with Crippen LogP contribution in [-0.2, 0) is 9.59 Å². The summed E-state index contributed by atoms with van der Waals surface area (Å²) in [5, 5.41) is 0. The third-order valence-electron chi connectivity index (χ3n) is 5.72. The molecule has 2 aliphatic heterocycles. The molecule has 0 radical (unpaired) electrons. The number of imide groups is 1. The van der Waals surface area contributed by atoms with Gasteiger partial charge in [-0.15, -0.1) is 0 Å². The zero-order valence-corrected chi connectivity index (χ0v) is 17.6. The molecule has 0 aromatic heterocycles. The van der Waals surface area contributed by atoms with Crippen LogP contribution < -0.4 is 14.4 Å². The number of likely N-dealkylation sites (tertiary alicyclic amines) is 1. The van der Waals surface area contributed by atoms with Crippen LogP contribution in [0.4, 0.5) is 5.69 Å². The first kappa shape index (κ1) is 20.0. The molecule has 4 rings (SSSR count). The zero-order valence-electron chi connectivity index (χ0n) is 17.6. The number of ether oxygens (including phenoxy) is 2. The summed E-state index contributed by atoms with van der Waals surface area (Å²) in [7, 11) is 3.16. The SMILES string of the molecule is COc1ccc(C2=C(N3CCCC(C)C3)C(=O)N(c3cccc(OC)c3)C2=O)cc1. The summed E-state index contributed by atoms with van der Waals surface area (Å²) in [6.45, 7) is 3.71. The molecule has 1 unspecified atom stereocenters. The van der Waals surface area contributed by atoms with Crippen molar-refractivity contribution in [3.05, 3.63) is 59.8 Å². The van der Waals surface area contributed by atoms with E-state index in [1.54, 1.807) is 38.5 Å². The quantitative estimate of drug-likeness (QED) is 0.709. The Labute approximate surface area is 176 Å². The number of anilines is 1. The van der Waals surface area contributed by atoms with E-state index in [4.69, 9.17) is 9.47 Å². The van der Waals surface area contributed by atoms with Crippen LogP contribution in [0.2, 0.25) is 0 Å². The van der Waals surface area contributed by atoms with Gasteiger partial charge in [0.1, 0.15) is 17.2 Å². The molecule has 30 heavy (non-hydrogen) atoms. The molecule has 6 nitrogen and oxygen atoms in total. The lowest BCUT2D eigenvalue weighted by Gasteiger charge is -2.33. The van der Waals surface area contributed by atoms with E-state index in [0.29, 0.717) is 39.9 Å². The van der Waals surface area contributed by atoms with Crippen LogP contribution in [0.3, 0.4) is 0 Å². The van der Waals surface area contributed by atoms with Crippen molar-refractivity contribution in [2.45, 2.75) is 19.8 Å². The summed E-state index contributed by atoms with van der Waals surface area (Å²) in [5.74, 6) is 1.17. The van der Waals surface area contributed by atoms with Gasteiger partial charge < -0.3 is 14.4 Å². The Morgan fingerprint density at radius 3 is 2.33 bits per heavy atom. The Bertz CT molecular complexity index is 997. The van der Waals surface area contributed by atoms with Crippen LogP contribution in [0.1, 0.15) is 25.3 Å². The molecule has 0 saturated carbocycles. The number of hydrogen-bond donors (Lipinski definition) is 0. The van der Waals surface area contributed by atoms with Gasteiger partial charge in [0, 0.05) is 19.2 Å². The van der Waals surface area contributed by atoms with Gasteiger partial charge in [0.15, 0.2) is 0 Å². The third-order valence-corrected chi connectivity index (χ3v) is 5.72. The van der Waals surface area contributed by atoms with Gasteiger partial charge in [0.2, 0.25) is 0 Å². The molecular formula is C24H26N2O4. The predicted octanol–water partition coefficient (Wildman–Crippen LogP) is 3.72. The largest absolute Gasteiger partial charge is 0.497 e. The molecule has 2 aliphatic rings. The maximum absolute atomic E-state index is 13.6. The molecule has 0 bridgehead atoms. The fourth-order valence-electron chi connectivity index (χ4n) is 4.21. The van der Waals surface area contributed by atoms with Crippen molar-refractivity contribution in [2.75, 3.05) is 32.2 Å². The van der Waals surface area contributed by atoms with Gasteiger partial charge in [-0.1, -0.05) is 25.1 Å². The lowest BCUT2D eigenvalue weighted by atomic mass is 9.98. The Morgan fingerprint density at radius 2 is 1.67 bits per heavy atom. The molecule has 1 atom stereocenters. The summed E-state index contributed by atoms with van der Waals surface area (Å²) in [6, 6.07) is 14.3. The molecule has 2 aromatic carbocycles. The second-order valence-electron chi connectivity index (χ2n) is 7.79. The van der Waals surface area contributed by atoms with Gasteiger partial charge in [-0.25, -0.2) is 4.90 Å². The van der Waals surface area contributed by atoms with Gasteiger partial charge in [0.25, 0.3) is 11.8 Å². The second kappa shape index (κ2) is 8.22. The highest BCUT2D eigenvalue weighted by atomic mass is 16.5. The molecule has 0 N–H and O–H groups in total. The van der Waals surface area contributed by atoms with E-state index in [1.807, 2.05) is 24.3 Å². The van der Waals surface area contributed by atoms with Gasteiger partial charge in [-0.3, -0.25) is 9.59 Å². The highest BCUT2D eigenvalue weighted by molar-refractivity contribution is 6.45. The number of methoxy groups -OCH3 is 2. The molecule has 0 spiro atoms. The predicted molar refractivity (Wildman–Crippen MR) is 115 cm³/mol. The van der Waals surface area contributed by atoms with Gasteiger partial charge in [0.05, 0.1) is 25.5 Å². The van der Waals surface area contributed by atoms with Crippen molar-refractivity contribution in [1.29, 1.82) is 0 Å². The van der Waals surface area contributed by atoms with E-state index in [2.05, 4.69) is 11.8 Å². The van der Waals surface area contributed by atoms with E-state index in [1.165, 1.54) is 4.90 Å². The molecule has 6 heteroatoms. The monoisotopic (exact) mass is 406 g/mol. The maximum atomic E-state index is 13.6. The Hall–Kier alpha value is -3.28. The first-order chi connectivity index (χ1) is 14.5. The summed E-state index contributed by atoms with van der Waals surface area (Å²) >= 11 is 0. The van der Waals surface area contributed by atoms with Crippen molar-refractivity contribution in [1.82, 2.24) is 4.90 Å². The Kier molecular flexibility index (Phi) is 5.48. The highest BCUT2D eigenvalue weighted by Crippen LogP contribution is 2.37. The average molecular weight is 406 g/mol. The van der Waals surface area contributed by atoms with Crippen LogP contribution in [0.5, 0.6) is 11.5 Å². The van der Waals surface area contributed by atoms with Crippen LogP contribution >= 0.6 is 0 Å². The average Bonchev–Trinajstić information content (AvgIpc) is 3.03. The van der Waals surface area contributed by atoms with Gasteiger partial charge in [-0.2, -0.15) is 0 Å². The van der Waals surface area contributed by atoms with Crippen molar-refractivity contribution < 1.29 is 19.1 Å². The number of hydrogen-bond acceptors (Lipinski definition) is 5. The van der Waals surface area contributed by atoms with E-state index in [-0.39, 0.29) is 11.8 Å². The Morgan fingerprint density at radius 1 is 0.933 bits per heavy atom. The van der Waals surface area contributed by atoms with Crippen LogP contribution in [-0.4, -0.2) is 44.0 Å². The standard InChI is InChI=1S/C24H26N2O4/c1-16-6-5-13-25(15-16)22-21(17-9-11-19(29-2)12-10-17)23(27)26(24(22)28)18-7-4-8-20(14-18)30-3/h4,7-12,14,16H,5-6,13,15H2,1-3H3. The fourth-order valence-corrected chi connectivity index (χ4v) is 4.21. The van der Waals surface area contributed by atoms with E-state index in [0.717, 1.165) is 25.9 Å². The molecule has 1 saturated heterocycles. The molecule has 1 fully saturated rings. The van der Waals surface area contributed by atoms with Crippen molar-refractivity contribution in [2.24, 2.45) is 5.92 Å². The second-order valence-corrected chi connectivity index (χ2v) is 7.79. The van der Waals surface area contributed by atoms with E-state index >= 15 is 0 Å². The number of amides is 2. The number of nitrogens with zero attached hydrogens (tertiary/aromatic N) is 2. The number of piperidine rings is 1. The third kappa shape index (κ3) is 3.54. The lowest BCUT2D eigenvalue weighted by molar-refractivity contribution is -0.120. The number of benzene rings is 2. The van der Waals surface area contributed by atoms with Crippen LogP contribution in [0.25, 0.3) is 5.57 Å². The Balaban J connectivity index is 1.81. The first-order valence-electron chi connectivity index (χ1n) is 10.2. The van der Waals surface area contributed by atoms with Crippen molar-refractivity contribution in [3.63, 3.8) is 0 Å². The molecule has 2 heterocycles. The van der Waals surface area contributed by atoms with E-state index < -0.39 is 0 Å². The lowest BCUT2D eigenvalue weighted by Crippen LogP contribution is -2.39. The van der Waals surface area contributed by atoms with Gasteiger partial charge in [-0.05, 0) is 48.6 Å². The zero-order chi connectivity index (χ0) is 21.3. The summed E-state index contributed by atoms with van der Waals surface area (Å²) in [5.41, 5.74) is 2.15. The number of carbonyl (C=O) groups is 2. The smallest absolute Gasteiger partial charge is 0.282 e. The van der Waals surface area contributed by atoms with E-state index in [9.17, 15) is 9.59 Å². The summed E-state index contributed by atoms with van der Waals surface area (Å²) in [6.07, 6.45) is 2.13. The van der Waals surface area contributed by atoms with Crippen LogP contribution in [0.15, 0.2) is 54.2 Å². The summed E-state index contributed by atoms with van der Waals surface area (Å²) < 4.78 is 10.5. The topological polar surface area (TPSA) is 59.1 Å². The molecule has 156 valence electrons. The minimum Gasteiger partial charge on any atom is -0.497 e. The molecular weight excluding hydrogens is 380 g/mol. The molecule has 0 aliphatic carbocycles. The van der Waals surface area contributed by atoms with Crippen molar-refractivity contribution >= 4 is 23.1 Å². The minimum atomic E-state index is -0.313. The fraction of sp³-hybridized carbons (Fsp3) is 0.333. The molecule has 2 amide bonds. The number of carbonyl (C=O) groups excluding carboxylic acids is 2. The minimum absolute atomic E-state index is 0.284. The summed E-state index contributed by atoms with van der Waals surface area (Å²) in [4.78, 5) is 30.5. The van der Waals surface area contributed by atoms with Crippen LogP contribution in [0, 0.1) is 5.92 Å².